The topological polar surface area (TPSA) is 43.8 Å². The largest absolute Gasteiger partial charge is 0.488 e. The van der Waals surface area contributed by atoms with E-state index in [1.807, 2.05) is 0 Å². The maximum absolute atomic E-state index is 6.08. The zero-order chi connectivity index (χ0) is 19.1. The molecule has 1 aromatic rings. The SMILES string of the molecule is COc1nc(C(C)C)c(C(C)C(C)C)cc1OCCCN1CCOCC1. The van der Waals surface area contributed by atoms with Crippen LogP contribution in [0.1, 0.15) is 64.1 Å². The molecule has 0 spiro atoms. The minimum atomic E-state index is 0.357. The number of hydrogen-bond donors (Lipinski definition) is 0. The Hall–Kier alpha value is -1.33. The van der Waals surface area contributed by atoms with Crippen LogP contribution < -0.4 is 9.47 Å². The van der Waals surface area contributed by atoms with Crippen LogP contribution in [-0.4, -0.2) is 56.4 Å². The molecule has 0 radical (unpaired) electrons. The summed E-state index contributed by atoms with van der Waals surface area (Å²) < 4.78 is 17.0. The molecule has 0 amide bonds. The molecule has 2 heterocycles. The molecule has 1 saturated heterocycles. The van der Waals surface area contributed by atoms with E-state index in [0.717, 1.165) is 50.7 Å². The molecule has 0 aromatic carbocycles. The number of pyridine rings is 1. The number of aromatic nitrogens is 1. The van der Waals surface area contributed by atoms with Crippen LogP contribution in [0.25, 0.3) is 0 Å². The van der Waals surface area contributed by atoms with Crippen LogP contribution in [0, 0.1) is 5.92 Å². The number of rotatable bonds is 9. The zero-order valence-electron chi connectivity index (χ0n) is 17.4. The number of nitrogens with zero attached hydrogens (tertiary/aromatic N) is 2. The molecule has 0 N–H and O–H groups in total. The molecule has 1 atom stereocenters. The van der Waals surface area contributed by atoms with E-state index < -0.39 is 0 Å². The highest BCUT2D eigenvalue weighted by molar-refractivity contribution is 5.42. The van der Waals surface area contributed by atoms with Crippen molar-refractivity contribution in [3.63, 3.8) is 0 Å². The third-order valence-corrected chi connectivity index (χ3v) is 5.23. The molecular formula is C21H36N2O3. The summed E-state index contributed by atoms with van der Waals surface area (Å²) in [6, 6.07) is 2.15. The summed E-state index contributed by atoms with van der Waals surface area (Å²) in [6.07, 6.45) is 0.990. The summed E-state index contributed by atoms with van der Waals surface area (Å²) in [5, 5.41) is 0. The predicted molar refractivity (Wildman–Crippen MR) is 106 cm³/mol. The van der Waals surface area contributed by atoms with E-state index >= 15 is 0 Å². The van der Waals surface area contributed by atoms with Crippen LogP contribution in [-0.2, 0) is 4.74 Å². The normalized spacial score (nSPS) is 16.9. The highest BCUT2D eigenvalue weighted by Crippen LogP contribution is 2.36. The number of hydrogen-bond acceptors (Lipinski definition) is 5. The van der Waals surface area contributed by atoms with Gasteiger partial charge in [0.05, 0.1) is 32.6 Å². The molecule has 0 saturated carbocycles. The quantitative estimate of drug-likeness (QED) is 0.618. The van der Waals surface area contributed by atoms with Crippen molar-refractivity contribution in [3.8, 4) is 11.6 Å². The van der Waals surface area contributed by atoms with E-state index in [1.54, 1.807) is 7.11 Å². The van der Waals surface area contributed by atoms with Crippen LogP contribution in [0.3, 0.4) is 0 Å². The van der Waals surface area contributed by atoms with E-state index in [2.05, 4.69) is 45.6 Å². The summed E-state index contributed by atoms with van der Waals surface area (Å²) in [6.45, 7) is 16.6. The number of morpholine rings is 1. The molecule has 5 heteroatoms. The van der Waals surface area contributed by atoms with Crippen molar-refractivity contribution in [1.82, 2.24) is 9.88 Å². The molecule has 1 fully saturated rings. The predicted octanol–water partition coefficient (Wildman–Crippen LogP) is 4.07. The molecule has 1 aliphatic rings. The Balaban J connectivity index is 2.06. The van der Waals surface area contributed by atoms with E-state index in [1.165, 1.54) is 5.56 Å². The van der Waals surface area contributed by atoms with Crippen LogP contribution >= 0.6 is 0 Å². The van der Waals surface area contributed by atoms with Crippen LogP contribution in [0.5, 0.6) is 11.6 Å². The molecule has 0 aliphatic carbocycles. The first-order chi connectivity index (χ1) is 12.4. The standard InChI is InChI=1S/C21H36N2O3/c1-15(2)17(5)18-14-19(21(24-6)22-20(18)16(3)4)26-11-7-8-23-9-12-25-13-10-23/h14-17H,7-13H2,1-6H3. The molecule has 1 aromatic heterocycles. The maximum Gasteiger partial charge on any atom is 0.257 e. The van der Waals surface area contributed by atoms with Gasteiger partial charge >= 0.3 is 0 Å². The van der Waals surface area contributed by atoms with Gasteiger partial charge in [0.25, 0.3) is 5.88 Å². The average Bonchev–Trinajstić information content (AvgIpc) is 2.64. The van der Waals surface area contributed by atoms with Gasteiger partial charge in [0.1, 0.15) is 0 Å². The van der Waals surface area contributed by atoms with Gasteiger partial charge < -0.3 is 14.2 Å². The van der Waals surface area contributed by atoms with E-state index in [4.69, 9.17) is 19.2 Å². The molecule has 26 heavy (non-hydrogen) atoms. The van der Waals surface area contributed by atoms with Crippen molar-refractivity contribution < 1.29 is 14.2 Å². The summed E-state index contributed by atoms with van der Waals surface area (Å²) in [4.78, 5) is 7.22. The van der Waals surface area contributed by atoms with E-state index in [-0.39, 0.29) is 0 Å². The Morgan fingerprint density at radius 1 is 1.15 bits per heavy atom. The fourth-order valence-corrected chi connectivity index (χ4v) is 3.24. The zero-order valence-corrected chi connectivity index (χ0v) is 17.4. The summed E-state index contributed by atoms with van der Waals surface area (Å²) in [7, 11) is 1.67. The first-order valence-electron chi connectivity index (χ1n) is 9.95. The van der Waals surface area contributed by atoms with E-state index in [0.29, 0.717) is 30.2 Å². The van der Waals surface area contributed by atoms with Crippen LogP contribution in [0.2, 0.25) is 0 Å². The summed E-state index contributed by atoms with van der Waals surface area (Å²) >= 11 is 0. The molecule has 0 bridgehead atoms. The number of ether oxygens (including phenoxy) is 3. The van der Waals surface area contributed by atoms with Gasteiger partial charge in [-0.25, -0.2) is 4.98 Å². The third-order valence-electron chi connectivity index (χ3n) is 5.23. The van der Waals surface area contributed by atoms with Crippen LogP contribution in [0.15, 0.2) is 6.07 Å². The van der Waals surface area contributed by atoms with Gasteiger partial charge in [-0.15, -0.1) is 0 Å². The lowest BCUT2D eigenvalue weighted by molar-refractivity contribution is 0.0357. The second-order valence-electron chi connectivity index (χ2n) is 7.81. The fraction of sp³-hybridized carbons (Fsp3) is 0.762. The Morgan fingerprint density at radius 2 is 1.85 bits per heavy atom. The van der Waals surface area contributed by atoms with Crippen molar-refractivity contribution in [1.29, 1.82) is 0 Å². The third kappa shape index (κ3) is 5.58. The summed E-state index contributed by atoms with van der Waals surface area (Å²) in [5.41, 5.74) is 2.39. The average molecular weight is 365 g/mol. The molecular weight excluding hydrogens is 328 g/mol. The lowest BCUT2D eigenvalue weighted by Crippen LogP contribution is -2.37. The van der Waals surface area contributed by atoms with Gasteiger partial charge in [-0.3, -0.25) is 4.90 Å². The smallest absolute Gasteiger partial charge is 0.257 e. The molecule has 2 rings (SSSR count). The van der Waals surface area contributed by atoms with Gasteiger partial charge in [0.15, 0.2) is 5.75 Å². The minimum Gasteiger partial charge on any atom is -0.488 e. The first-order valence-corrected chi connectivity index (χ1v) is 9.95. The van der Waals surface area contributed by atoms with E-state index in [9.17, 15) is 0 Å². The monoisotopic (exact) mass is 364 g/mol. The van der Waals surface area contributed by atoms with Crippen molar-refractivity contribution in [2.75, 3.05) is 46.6 Å². The maximum atomic E-state index is 6.08. The molecule has 1 aliphatic heterocycles. The first kappa shape index (κ1) is 21.0. The minimum absolute atomic E-state index is 0.357. The Morgan fingerprint density at radius 3 is 2.42 bits per heavy atom. The Labute approximate surface area is 159 Å². The second kappa shape index (κ2) is 10.1. The van der Waals surface area contributed by atoms with Crippen molar-refractivity contribution in [2.45, 2.75) is 52.9 Å². The van der Waals surface area contributed by atoms with Crippen molar-refractivity contribution in [3.05, 3.63) is 17.3 Å². The molecule has 5 nitrogen and oxygen atoms in total. The van der Waals surface area contributed by atoms with Crippen molar-refractivity contribution >= 4 is 0 Å². The number of methoxy groups -OCH3 is 1. The Bertz CT molecular complexity index is 554. The van der Waals surface area contributed by atoms with Crippen molar-refractivity contribution in [2.24, 2.45) is 5.92 Å². The second-order valence-corrected chi connectivity index (χ2v) is 7.81. The summed E-state index contributed by atoms with van der Waals surface area (Å²) in [5.74, 6) is 2.70. The molecule has 148 valence electrons. The molecule has 1 unspecified atom stereocenters. The van der Waals surface area contributed by atoms with Gasteiger partial charge in [0.2, 0.25) is 0 Å². The fourth-order valence-electron chi connectivity index (χ4n) is 3.24. The van der Waals surface area contributed by atoms with Gasteiger partial charge in [-0.2, -0.15) is 0 Å². The van der Waals surface area contributed by atoms with Crippen LogP contribution in [0.4, 0.5) is 0 Å². The van der Waals surface area contributed by atoms with Gasteiger partial charge in [-0.1, -0.05) is 34.6 Å². The lowest BCUT2D eigenvalue weighted by atomic mass is 9.86. The highest BCUT2D eigenvalue weighted by atomic mass is 16.5. The Kier molecular flexibility index (Phi) is 8.16. The van der Waals surface area contributed by atoms with Gasteiger partial charge in [0, 0.05) is 19.6 Å². The van der Waals surface area contributed by atoms with Gasteiger partial charge in [-0.05, 0) is 35.8 Å². The highest BCUT2D eigenvalue weighted by Gasteiger charge is 2.21. The lowest BCUT2D eigenvalue weighted by Gasteiger charge is -2.26.